The maximum Gasteiger partial charge on any atom is 0.400 e. The Balaban J connectivity index is -0.000000135. The summed E-state index contributed by atoms with van der Waals surface area (Å²) in [6, 6.07) is 0. The summed E-state index contributed by atoms with van der Waals surface area (Å²) in [5.41, 5.74) is -3.67. The van der Waals surface area contributed by atoms with E-state index < -0.39 is 133 Å². The molecule has 0 N–H and O–H groups in total. The average Bonchev–Trinajstić information content (AvgIpc) is 3.26. The minimum atomic E-state index is -5.19. The molecule has 0 aromatic rings. The van der Waals surface area contributed by atoms with E-state index in [1.807, 2.05) is 0 Å². The predicted octanol–water partition coefficient (Wildman–Crippen LogP) is 27.5. The molecule has 0 radical (unpaired) electrons. The first-order valence-electron chi connectivity index (χ1n) is 28.0. The van der Waals surface area contributed by atoms with Crippen LogP contribution in [0, 0.1) is 69.5 Å². The molecule has 0 amide bonds. The minimum absolute atomic E-state index is 0.0658. The molecule has 0 heterocycles. The minimum Gasteiger partial charge on any atom is -0.171 e. The van der Waals surface area contributed by atoms with Crippen molar-refractivity contribution in [3.63, 3.8) is 0 Å². The lowest BCUT2D eigenvalue weighted by Gasteiger charge is -2.31. The number of alkyl halides is 30. The standard InChI is InChI=1S/2C7H10F6.6C7H13F3/c1-4(2)3-5(6(8,9)10)7(11,12)13;1-2-3-4-5(6(8,9)10)7(11,12)13;1-5(2)6(3,4)7(8,9)10;1-4-6(2,3)5-7(8,9)10;1-4-5-6(2,3)7(8,9)10;2*1-4-5(2)6(3)7(8,9)10;1-3-6(4-2)5-7(8,9)10/h4-5H,3H2,1-2H3;5H,2-4H2,1H3;5H,1-4H3;2*4-5H2,1-3H3;2*5-6H,4H2,1-3H3;6H,3-5H2,1-2H3/t;;;;;5?,6-;5-,6?;/m.....10./s1. The molecular formula is C56H98F30. The Morgan fingerprint density at radius 1 is 0.349 bits per heavy atom. The molecule has 0 bridgehead atoms. The van der Waals surface area contributed by atoms with Gasteiger partial charge in [-0.05, 0) is 54.3 Å². The molecule has 0 fully saturated rings. The Kier molecular flexibility index (Phi) is 48.2. The van der Waals surface area contributed by atoms with Gasteiger partial charge < -0.3 is 0 Å². The lowest BCUT2D eigenvalue weighted by atomic mass is 9.81. The Bertz CT molecular complexity index is 1530. The van der Waals surface area contributed by atoms with Gasteiger partial charge in [0.2, 0.25) is 0 Å². The van der Waals surface area contributed by atoms with Crippen LogP contribution < -0.4 is 0 Å². The molecule has 4 atom stereocenters. The zero-order valence-corrected chi connectivity index (χ0v) is 53.2. The summed E-state index contributed by atoms with van der Waals surface area (Å²) in [6.07, 6.45) is -44.0. The fraction of sp³-hybridized carbons (Fsp3) is 1.00. The van der Waals surface area contributed by atoms with E-state index in [0.717, 1.165) is 0 Å². The van der Waals surface area contributed by atoms with Crippen LogP contribution in [-0.2, 0) is 0 Å². The van der Waals surface area contributed by atoms with Crippen LogP contribution in [0.25, 0.3) is 0 Å². The number of rotatable bonds is 17. The molecular weight excluding hydrogens is 1240 g/mol. The second kappa shape index (κ2) is 41.4. The van der Waals surface area contributed by atoms with Gasteiger partial charge in [-0.2, -0.15) is 132 Å². The van der Waals surface area contributed by atoms with Crippen LogP contribution in [0.5, 0.6) is 0 Å². The number of halogens is 30. The third kappa shape index (κ3) is 53.7. The second-order valence-corrected chi connectivity index (χ2v) is 23.8. The summed E-state index contributed by atoms with van der Waals surface area (Å²) in [4.78, 5) is 0. The summed E-state index contributed by atoms with van der Waals surface area (Å²) < 4.78 is 356. The Morgan fingerprint density at radius 2 is 0.663 bits per heavy atom. The van der Waals surface area contributed by atoms with Gasteiger partial charge in [0, 0.05) is 12.8 Å². The quantitative estimate of drug-likeness (QED) is 0.127. The fourth-order valence-electron chi connectivity index (χ4n) is 5.86. The molecule has 0 aliphatic carbocycles. The van der Waals surface area contributed by atoms with E-state index in [0.29, 0.717) is 44.9 Å². The molecule has 0 aromatic carbocycles. The first-order chi connectivity index (χ1) is 37.3. The van der Waals surface area contributed by atoms with E-state index >= 15 is 0 Å². The van der Waals surface area contributed by atoms with Gasteiger partial charge >= 0.3 is 61.8 Å². The van der Waals surface area contributed by atoms with Crippen molar-refractivity contribution in [1.82, 2.24) is 0 Å². The third-order valence-electron chi connectivity index (χ3n) is 14.3. The van der Waals surface area contributed by atoms with Gasteiger partial charge in [0.1, 0.15) is 0 Å². The molecule has 0 saturated heterocycles. The average molecular weight is 1340 g/mol. The maximum absolute atomic E-state index is 12.1. The molecule has 0 spiro atoms. The van der Waals surface area contributed by atoms with Gasteiger partial charge in [-0.25, -0.2) is 0 Å². The highest BCUT2D eigenvalue weighted by atomic mass is 19.5. The van der Waals surface area contributed by atoms with Crippen molar-refractivity contribution in [1.29, 1.82) is 0 Å². The maximum atomic E-state index is 12.1. The van der Waals surface area contributed by atoms with Crippen LogP contribution >= 0.6 is 0 Å². The summed E-state index contributed by atoms with van der Waals surface area (Å²) in [5.74, 6) is -10.4. The van der Waals surface area contributed by atoms with Gasteiger partial charge in [0.25, 0.3) is 0 Å². The van der Waals surface area contributed by atoms with E-state index in [1.165, 1.54) is 55.4 Å². The van der Waals surface area contributed by atoms with Gasteiger partial charge in [-0.1, -0.05) is 197 Å². The molecule has 532 valence electrons. The lowest BCUT2D eigenvalue weighted by Crippen LogP contribution is -2.37. The summed E-state index contributed by atoms with van der Waals surface area (Å²) in [6.45, 7) is 31.9. The van der Waals surface area contributed by atoms with E-state index in [4.69, 9.17) is 0 Å². The third-order valence-corrected chi connectivity index (χ3v) is 14.3. The highest BCUT2D eigenvalue weighted by molar-refractivity contribution is 4.81. The highest BCUT2D eigenvalue weighted by Gasteiger charge is 2.57. The first kappa shape index (κ1) is 100. The van der Waals surface area contributed by atoms with Crippen LogP contribution in [0.15, 0.2) is 0 Å². The highest BCUT2D eigenvalue weighted by Crippen LogP contribution is 2.46. The van der Waals surface area contributed by atoms with Crippen LogP contribution in [0.3, 0.4) is 0 Å². The van der Waals surface area contributed by atoms with Crippen molar-refractivity contribution in [3.05, 3.63) is 0 Å². The molecule has 2 unspecified atom stereocenters. The molecule has 0 rings (SSSR count). The SMILES string of the molecule is CC(C)C(C)(C)C(F)(F)F.CC(C)CC(C(F)(F)F)C(F)(F)F.CCC(C)(C)CC(F)(F)F.CCC(C)[C@@H](C)C(F)(F)F.CCC(CC)CC(F)(F)F.CCCC(C)(C)C(F)(F)F.CCCCC(C(F)(F)F)C(F)(F)F.CC[C@H](C)C(C)C(F)(F)F. The molecule has 0 aliphatic heterocycles. The summed E-state index contributed by atoms with van der Waals surface area (Å²) in [7, 11) is 0. The zero-order chi connectivity index (χ0) is 71.9. The second-order valence-electron chi connectivity index (χ2n) is 23.8. The van der Waals surface area contributed by atoms with Gasteiger partial charge in [0.05, 0.1) is 22.7 Å². The zero-order valence-electron chi connectivity index (χ0n) is 53.2. The van der Waals surface area contributed by atoms with Crippen LogP contribution in [0.2, 0.25) is 0 Å². The van der Waals surface area contributed by atoms with E-state index in [1.54, 1.807) is 90.0 Å². The van der Waals surface area contributed by atoms with Gasteiger partial charge in [0.15, 0.2) is 11.8 Å². The van der Waals surface area contributed by atoms with Gasteiger partial charge in [-0.3, -0.25) is 0 Å². The smallest absolute Gasteiger partial charge is 0.171 e. The number of hydrogen-bond acceptors (Lipinski definition) is 0. The molecule has 0 saturated carbocycles. The number of unbranched alkanes of at least 4 members (excludes halogenated alkanes) is 1. The predicted molar refractivity (Wildman–Crippen MR) is 278 cm³/mol. The van der Waals surface area contributed by atoms with Crippen molar-refractivity contribution >= 4 is 0 Å². The van der Waals surface area contributed by atoms with E-state index in [2.05, 4.69) is 0 Å². The van der Waals surface area contributed by atoms with E-state index in [9.17, 15) is 132 Å². The fourth-order valence-corrected chi connectivity index (χ4v) is 5.86. The summed E-state index contributed by atoms with van der Waals surface area (Å²) >= 11 is 0. The van der Waals surface area contributed by atoms with Crippen LogP contribution in [0.4, 0.5) is 132 Å². The first-order valence-corrected chi connectivity index (χ1v) is 28.0. The molecule has 30 heteroatoms. The van der Waals surface area contributed by atoms with Crippen molar-refractivity contribution in [3.8, 4) is 0 Å². The largest absolute Gasteiger partial charge is 0.400 e. The van der Waals surface area contributed by atoms with E-state index in [-0.39, 0.29) is 36.5 Å². The molecule has 0 aromatic heterocycles. The monoisotopic (exact) mass is 1340 g/mol. The van der Waals surface area contributed by atoms with Gasteiger partial charge in [-0.15, -0.1) is 0 Å². The van der Waals surface area contributed by atoms with Crippen molar-refractivity contribution in [2.75, 3.05) is 0 Å². The van der Waals surface area contributed by atoms with Crippen molar-refractivity contribution < 1.29 is 132 Å². The molecule has 0 aliphatic rings. The lowest BCUT2D eigenvalue weighted by molar-refractivity contribution is -0.288. The van der Waals surface area contributed by atoms with Crippen LogP contribution in [0.1, 0.15) is 229 Å². The van der Waals surface area contributed by atoms with Crippen molar-refractivity contribution in [2.24, 2.45) is 69.5 Å². The topological polar surface area (TPSA) is 0 Å². The van der Waals surface area contributed by atoms with Crippen LogP contribution in [-0.4, -0.2) is 61.8 Å². The Hall–Kier alpha value is -2.10. The van der Waals surface area contributed by atoms with Crippen molar-refractivity contribution in [2.45, 2.75) is 291 Å². The normalized spacial score (nSPS) is 14.9. The summed E-state index contributed by atoms with van der Waals surface area (Å²) in [5, 5.41) is 0. The Morgan fingerprint density at radius 3 is 0.756 bits per heavy atom. The Labute approximate surface area is 491 Å². The molecule has 0 nitrogen and oxygen atoms in total. The molecule has 86 heavy (non-hydrogen) atoms. The number of hydrogen-bond donors (Lipinski definition) is 0.